The molecule has 0 aromatic carbocycles. The smallest absolute Gasteiger partial charge is 0.307 e. The summed E-state index contributed by atoms with van der Waals surface area (Å²) in [6, 6.07) is 5.40. The molecule has 0 bridgehead atoms. The molecule has 0 aliphatic carbocycles. The van der Waals surface area contributed by atoms with Crippen molar-refractivity contribution in [2.45, 2.75) is 13.3 Å². The predicted molar refractivity (Wildman–Crippen MR) is 78.0 cm³/mol. The molecule has 0 atom stereocenters. The van der Waals surface area contributed by atoms with Crippen LogP contribution in [0, 0.1) is 0 Å². The van der Waals surface area contributed by atoms with E-state index in [0.29, 0.717) is 12.4 Å². The number of nitrogens with zero attached hydrogens (tertiary/aromatic N) is 2. The van der Waals surface area contributed by atoms with E-state index in [1.165, 1.54) is 16.2 Å². The van der Waals surface area contributed by atoms with Crippen LogP contribution in [0.15, 0.2) is 28.1 Å². The summed E-state index contributed by atoms with van der Waals surface area (Å²) in [5, 5.41) is 5.70. The molecule has 0 fully saturated rings. The lowest BCUT2D eigenvalue weighted by Gasteiger charge is -2.14. The zero-order valence-corrected chi connectivity index (χ0v) is 12.7. The van der Waals surface area contributed by atoms with Gasteiger partial charge in [-0.25, -0.2) is 0 Å². The van der Waals surface area contributed by atoms with E-state index in [1.54, 1.807) is 20.0 Å². The minimum absolute atomic E-state index is 0.158. The van der Waals surface area contributed by atoms with Crippen molar-refractivity contribution in [3.63, 3.8) is 0 Å². The molecule has 0 radical (unpaired) electrons. The van der Waals surface area contributed by atoms with E-state index >= 15 is 0 Å². The fraction of sp³-hybridized carbons (Fsp3) is 0.357. The molecule has 1 amide bonds. The molecular weight excluding hydrogens is 292 g/mol. The summed E-state index contributed by atoms with van der Waals surface area (Å²) in [7, 11) is 1.61. The van der Waals surface area contributed by atoms with Gasteiger partial charge in [0.2, 0.25) is 0 Å². The van der Waals surface area contributed by atoms with Crippen LogP contribution in [0.1, 0.15) is 23.8 Å². The molecule has 21 heavy (non-hydrogen) atoms. The number of esters is 1. The number of hydrogen-bond donors (Lipinski definition) is 0. The average Bonchev–Trinajstić information content (AvgIpc) is 3.14. The second-order valence-electron chi connectivity index (χ2n) is 4.34. The topological polar surface area (TPSA) is 72.6 Å². The average molecular weight is 308 g/mol. The number of ether oxygens (including phenoxy) is 1. The van der Waals surface area contributed by atoms with E-state index in [1.807, 2.05) is 17.5 Å². The van der Waals surface area contributed by atoms with Crippen LogP contribution in [0.3, 0.4) is 0 Å². The maximum absolute atomic E-state index is 12.2. The number of thiophene rings is 1. The van der Waals surface area contributed by atoms with Gasteiger partial charge in [0.05, 0.1) is 17.9 Å². The molecule has 0 unspecified atom stereocenters. The molecule has 0 aliphatic heterocycles. The predicted octanol–water partition coefficient (Wildman–Crippen LogP) is 2.43. The van der Waals surface area contributed by atoms with E-state index in [-0.39, 0.29) is 30.5 Å². The minimum Gasteiger partial charge on any atom is -0.466 e. The van der Waals surface area contributed by atoms with Crippen LogP contribution in [-0.2, 0) is 9.53 Å². The van der Waals surface area contributed by atoms with Crippen molar-refractivity contribution in [3.8, 4) is 10.6 Å². The van der Waals surface area contributed by atoms with Crippen molar-refractivity contribution in [1.29, 1.82) is 0 Å². The minimum atomic E-state index is -0.323. The monoisotopic (exact) mass is 308 g/mol. The number of carbonyl (C=O) groups excluding carboxylic acids is 2. The summed E-state index contributed by atoms with van der Waals surface area (Å²) in [5.74, 6) is -0.0467. The lowest BCUT2D eigenvalue weighted by Crippen LogP contribution is -2.29. The fourth-order valence-corrected chi connectivity index (χ4v) is 2.37. The second kappa shape index (κ2) is 7.03. The van der Waals surface area contributed by atoms with Crippen molar-refractivity contribution in [1.82, 2.24) is 10.1 Å². The van der Waals surface area contributed by atoms with Crippen LogP contribution in [-0.4, -0.2) is 42.1 Å². The van der Waals surface area contributed by atoms with E-state index < -0.39 is 0 Å². The number of aromatic nitrogens is 1. The normalized spacial score (nSPS) is 10.4. The molecule has 7 heteroatoms. The van der Waals surface area contributed by atoms with Crippen LogP contribution in [0.25, 0.3) is 10.6 Å². The van der Waals surface area contributed by atoms with Gasteiger partial charge < -0.3 is 14.2 Å². The van der Waals surface area contributed by atoms with Gasteiger partial charge >= 0.3 is 5.97 Å². The molecule has 112 valence electrons. The zero-order chi connectivity index (χ0) is 15.2. The Morgan fingerprint density at radius 2 is 2.29 bits per heavy atom. The summed E-state index contributed by atoms with van der Waals surface area (Å²) in [6.07, 6.45) is 0.158. The van der Waals surface area contributed by atoms with Crippen molar-refractivity contribution < 1.29 is 18.8 Å². The van der Waals surface area contributed by atoms with Crippen molar-refractivity contribution in [2.75, 3.05) is 20.2 Å². The molecule has 0 N–H and O–H groups in total. The molecule has 6 nitrogen and oxygen atoms in total. The van der Waals surface area contributed by atoms with Crippen molar-refractivity contribution in [3.05, 3.63) is 29.3 Å². The highest BCUT2D eigenvalue weighted by molar-refractivity contribution is 7.13. The van der Waals surface area contributed by atoms with Crippen molar-refractivity contribution in [2.24, 2.45) is 0 Å². The first kappa shape index (κ1) is 15.2. The van der Waals surface area contributed by atoms with E-state index in [4.69, 9.17) is 9.26 Å². The third-order valence-electron chi connectivity index (χ3n) is 2.80. The van der Waals surface area contributed by atoms with Crippen LogP contribution >= 0.6 is 11.3 Å². The number of hydrogen-bond acceptors (Lipinski definition) is 6. The molecule has 0 spiro atoms. The SMILES string of the molecule is CCOC(=O)CCN(C)C(=O)c1cc(-c2cccs2)on1. The third-order valence-corrected chi connectivity index (χ3v) is 3.68. The van der Waals surface area contributed by atoms with Crippen molar-refractivity contribution >= 4 is 23.2 Å². The summed E-state index contributed by atoms with van der Waals surface area (Å²) in [4.78, 5) is 25.8. The first-order chi connectivity index (χ1) is 10.1. The van der Waals surface area contributed by atoms with E-state index in [9.17, 15) is 9.59 Å². The quantitative estimate of drug-likeness (QED) is 0.766. The zero-order valence-electron chi connectivity index (χ0n) is 11.9. The molecule has 2 heterocycles. The van der Waals surface area contributed by atoms with Gasteiger partial charge in [0, 0.05) is 19.7 Å². The molecule has 0 aliphatic rings. The van der Waals surface area contributed by atoms with E-state index in [0.717, 1.165) is 4.88 Å². The Balaban J connectivity index is 1.95. The van der Waals surface area contributed by atoms with Crippen LogP contribution < -0.4 is 0 Å². The lowest BCUT2D eigenvalue weighted by molar-refractivity contribution is -0.143. The summed E-state index contributed by atoms with van der Waals surface area (Å²) >= 11 is 1.51. The fourth-order valence-electron chi connectivity index (χ4n) is 1.70. The summed E-state index contributed by atoms with van der Waals surface area (Å²) in [6.45, 7) is 2.36. The molecule has 0 saturated carbocycles. The Labute approximate surface area is 126 Å². The van der Waals surface area contributed by atoms with Crippen LogP contribution in [0.2, 0.25) is 0 Å². The first-order valence-corrected chi connectivity index (χ1v) is 7.41. The molecule has 2 aromatic heterocycles. The molecule has 2 rings (SSSR count). The largest absolute Gasteiger partial charge is 0.466 e. The Kier molecular flexibility index (Phi) is 5.10. The van der Waals surface area contributed by atoms with Gasteiger partial charge in [-0.2, -0.15) is 0 Å². The van der Waals surface area contributed by atoms with Gasteiger partial charge in [0.25, 0.3) is 5.91 Å². The number of amides is 1. The van der Waals surface area contributed by atoms with Crippen LogP contribution in [0.5, 0.6) is 0 Å². The standard InChI is InChI=1S/C14H16N2O4S/c1-3-19-13(17)6-7-16(2)14(18)10-9-11(20-15-10)12-5-4-8-21-12/h4-5,8-9H,3,6-7H2,1-2H3. The lowest BCUT2D eigenvalue weighted by atomic mass is 10.3. The summed E-state index contributed by atoms with van der Waals surface area (Å²) < 4.78 is 9.99. The molecular formula is C14H16N2O4S. The van der Waals surface area contributed by atoms with E-state index in [2.05, 4.69) is 5.16 Å². The first-order valence-electron chi connectivity index (χ1n) is 6.53. The molecule has 0 saturated heterocycles. The Morgan fingerprint density at radius 3 is 2.95 bits per heavy atom. The third kappa shape index (κ3) is 3.91. The highest BCUT2D eigenvalue weighted by atomic mass is 32.1. The highest BCUT2D eigenvalue weighted by Crippen LogP contribution is 2.25. The second-order valence-corrected chi connectivity index (χ2v) is 5.28. The van der Waals surface area contributed by atoms with Gasteiger partial charge in [0.15, 0.2) is 11.5 Å². The van der Waals surface area contributed by atoms with Gasteiger partial charge in [0.1, 0.15) is 0 Å². The van der Waals surface area contributed by atoms with Gasteiger partial charge in [-0.3, -0.25) is 9.59 Å². The Bertz CT molecular complexity index is 606. The maximum Gasteiger partial charge on any atom is 0.307 e. The van der Waals surface area contributed by atoms with Gasteiger partial charge in [-0.1, -0.05) is 11.2 Å². The number of carbonyl (C=O) groups is 2. The highest BCUT2D eigenvalue weighted by Gasteiger charge is 2.18. The Hall–Kier alpha value is -2.15. The van der Waals surface area contributed by atoms with Gasteiger partial charge in [-0.05, 0) is 18.4 Å². The maximum atomic E-state index is 12.2. The van der Waals surface area contributed by atoms with Crippen LogP contribution in [0.4, 0.5) is 0 Å². The molecule has 2 aromatic rings. The Morgan fingerprint density at radius 1 is 1.48 bits per heavy atom. The number of rotatable bonds is 6. The summed E-state index contributed by atoms with van der Waals surface area (Å²) in [5.41, 5.74) is 0.227. The van der Waals surface area contributed by atoms with Gasteiger partial charge in [-0.15, -0.1) is 11.3 Å².